The molecule has 0 spiro atoms. The second-order valence-electron chi connectivity index (χ2n) is 5.91. The molecule has 9 nitrogen and oxygen atoms in total. The van der Waals surface area contributed by atoms with Gasteiger partial charge in [-0.1, -0.05) is 30.3 Å². The number of ether oxygens (including phenoxy) is 1. The molecule has 1 aliphatic heterocycles. The third kappa shape index (κ3) is 2.58. The number of aromatic amines is 1. The van der Waals surface area contributed by atoms with Crippen LogP contribution in [0.4, 0.5) is 5.95 Å². The largest absolute Gasteiger partial charge is 0.394 e. The predicted octanol–water partition coefficient (Wildman–Crippen LogP) is 0.00950. The molecule has 1 aliphatic rings. The number of imidazole rings is 1. The second-order valence-corrected chi connectivity index (χ2v) is 5.91. The highest BCUT2D eigenvalue weighted by Crippen LogP contribution is 2.34. The van der Waals surface area contributed by atoms with E-state index in [1.54, 1.807) is 4.57 Å². The van der Waals surface area contributed by atoms with Gasteiger partial charge in [-0.3, -0.25) is 14.3 Å². The number of anilines is 1. The van der Waals surface area contributed by atoms with Gasteiger partial charge in [-0.15, -0.1) is 0 Å². The monoisotopic (exact) mass is 343 g/mol. The maximum Gasteiger partial charge on any atom is 0.280 e. The number of H-pyrrole nitrogens is 1. The molecule has 0 bridgehead atoms. The summed E-state index contributed by atoms with van der Waals surface area (Å²) in [6.45, 7) is -0.304. The normalized spacial score (nSPS) is 23.4. The van der Waals surface area contributed by atoms with Crippen molar-refractivity contribution in [2.75, 3.05) is 12.3 Å². The van der Waals surface area contributed by atoms with Crippen LogP contribution in [0.15, 0.2) is 35.1 Å². The average Bonchev–Trinajstić information content (AvgIpc) is 3.16. The predicted molar refractivity (Wildman–Crippen MR) is 89.6 cm³/mol. The molecule has 3 aromatic rings. The number of fused-ring (bicyclic) bond motifs is 1. The van der Waals surface area contributed by atoms with E-state index in [-0.39, 0.29) is 30.1 Å². The molecule has 1 fully saturated rings. The maximum atomic E-state index is 12.2. The van der Waals surface area contributed by atoms with Gasteiger partial charge in [0.25, 0.3) is 5.56 Å². The quantitative estimate of drug-likeness (QED) is 0.525. The zero-order chi connectivity index (χ0) is 17.6. The summed E-state index contributed by atoms with van der Waals surface area (Å²) in [6.07, 6.45) is -1.91. The summed E-state index contributed by atoms with van der Waals surface area (Å²) in [6, 6.07) is 9.28. The van der Waals surface area contributed by atoms with Gasteiger partial charge in [0.2, 0.25) is 5.95 Å². The summed E-state index contributed by atoms with van der Waals surface area (Å²) in [4.78, 5) is 23.3. The van der Waals surface area contributed by atoms with Crippen molar-refractivity contribution in [1.82, 2.24) is 19.5 Å². The Labute approximate surface area is 141 Å². The van der Waals surface area contributed by atoms with Gasteiger partial charge in [0.05, 0.1) is 12.7 Å². The van der Waals surface area contributed by atoms with Gasteiger partial charge in [0.15, 0.2) is 11.2 Å². The Balaban J connectivity index is 1.96. The molecule has 0 aliphatic carbocycles. The highest BCUT2D eigenvalue weighted by atomic mass is 16.5. The topological polar surface area (TPSA) is 139 Å². The van der Waals surface area contributed by atoms with Crippen molar-refractivity contribution in [2.24, 2.45) is 0 Å². The number of nitrogen functional groups attached to an aromatic ring is 1. The Morgan fingerprint density at radius 1 is 1.32 bits per heavy atom. The first-order valence-electron chi connectivity index (χ1n) is 7.86. The highest BCUT2D eigenvalue weighted by molar-refractivity contribution is 5.77. The van der Waals surface area contributed by atoms with Crippen molar-refractivity contribution in [1.29, 1.82) is 0 Å². The van der Waals surface area contributed by atoms with Crippen LogP contribution in [0.25, 0.3) is 22.6 Å². The summed E-state index contributed by atoms with van der Waals surface area (Å²) >= 11 is 0. The van der Waals surface area contributed by atoms with E-state index in [9.17, 15) is 15.0 Å². The van der Waals surface area contributed by atoms with E-state index in [4.69, 9.17) is 10.5 Å². The lowest BCUT2D eigenvalue weighted by atomic mass is 10.2. The van der Waals surface area contributed by atoms with E-state index in [0.29, 0.717) is 5.82 Å². The Hall–Kier alpha value is -2.75. The first-order valence-corrected chi connectivity index (χ1v) is 7.86. The number of nitrogens with two attached hydrogens (primary N) is 1. The minimum atomic E-state index is -0.824. The number of hydrogen-bond donors (Lipinski definition) is 4. The molecule has 0 amide bonds. The molecule has 0 unspecified atom stereocenters. The van der Waals surface area contributed by atoms with Crippen molar-refractivity contribution in [3.8, 4) is 11.4 Å². The van der Waals surface area contributed by atoms with Gasteiger partial charge in [0.1, 0.15) is 18.2 Å². The van der Waals surface area contributed by atoms with Crippen LogP contribution in [-0.4, -0.2) is 48.5 Å². The van der Waals surface area contributed by atoms with Gasteiger partial charge in [-0.25, -0.2) is 4.98 Å². The lowest BCUT2D eigenvalue weighted by molar-refractivity contribution is -0.0426. The molecule has 3 heterocycles. The van der Waals surface area contributed by atoms with E-state index < -0.39 is 24.0 Å². The minimum absolute atomic E-state index is 0.0319. The molecular weight excluding hydrogens is 326 g/mol. The first-order chi connectivity index (χ1) is 12.1. The fourth-order valence-corrected chi connectivity index (χ4v) is 3.10. The van der Waals surface area contributed by atoms with Crippen molar-refractivity contribution >= 4 is 17.1 Å². The number of aromatic nitrogens is 4. The zero-order valence-electron chi connectivity index (χ0n) is 13.2. The molecule has 9 heteroatoms. The lowest BCUT2D eigenvalue weighted by Crippen LogP contribution is -2.24. The summed E-state index contributed by atoms with van der Waals surface area (Å²) in [7, 11) is 0. The molecule has 5 N–H and O–H groups in total. The molecule has 1 aromatic carbocycles. The van der Waals surface area contributed by atoms with Crippen LogP contribution in [0.3, 0.4) is 0 Å². The van der Waals surface area contributed by atoms with Crippen LogP contribution in [0.5, 0.6) is 0 Å². The molecule has 1 saturated heterocycles. The Bertz CT molecular complexity index is 968. The number of nitrogens with zero attached hydrogens (tertiary/aromatic N) is 3. The lowest BCUT2D eigenvalue weighted by Gasteiger charge is -2.16. The van der Waals surface area contributed by atoms with E-state index >= 15 is 0 Å². The number of aliphatic hydroxyl groups excluding tert-OH is 2. The van der Waals surface area contributed by atoms with Crippen molar-refractivity contribution < 1.29 is 14.9 Å². The molecule has 2 aromatic heterocycles. The van der Waals surface area contributed by atoms with Crippen LogP contribution in [-0.2, 0) is 4.74 Å². The van der Waals surface area contributed by atoms with Crippen molar-refractivity contribution in [3.05, 3.63) is 40.7 Å². The van der Waals surface area contributed by atoms with E-state index in [0.717, 1.165) is 5.56 Å². The minimum Gasteiger partial charge on any atom is -0.394 e. The van der Waals surface area contributed by atoms with E-state index in [1.165, 1.54) is 0 Å². The van der Waals surface area contributed by atoms with Crippen LogP contribution < -0.4 is 11.3 Å². The number of benzene rings is 1. The fourth-order valence-electron chi connectivity index (χ4n) is 3.10. The van der Waals surface area contributed by atoms with E-state index in [1.807, 2.05) is 30.3 Å². The third-order valence-electron chi connectivity index (χ3n) is 4.27. The maximum absolute atomic E-state index is 12.2. The SMILES string of the molecule is Nc1nc2c(nc(-c3ccccc3)n2[C@H]2C[C@H](O)[C@@H](CO)O2)c(=O)[nH]1. The first kappa shape index (κ1) is 15.8. The second kappa shape index (κ2) is 5.96. The van der Waals surface area contributed by atoms with Gasteiger partial charge in [-0.2, -0.15) is 4.98 Å². The standard InChI is InChI=1S/C16H17N5O4/c17-16-19-14-12(15(24)20-16)18-13(8-4-2-1-3-5-8)21(14)11-6-9(23)10(7-22)25-11/h1-5,9-11,22-23H,6-7H2,(H3,17,19,20,24)/t9-,10+,11+/m0/s1. The van der Waals surface area contributed by atoms with Crippen LogP contribution in [0, 0.1) is 0 Å². The molecule has 3 atom stereocenters. The smallest absolute Gasteiger partial charge is 0.280 e. The van der Waals surface area contributed by atoms with Gasteiger partial charge in [0, 0.05) is 12.0 Å². The molecule has 25 heavy (non-hydrogen) atoms. The zero-order valence-corrected chi connectivity index (χ0v) is 13.2. The summed E-state index contributed by atoms with van der Waals surface area (Å²) < 4.78 is 7.40. The molecule has 130 valence electrons. The van der Waals surface area contributed by atoms with Crippen LogP contribution >= 0.6 is 0 Å². The molecular formula is C16H17N5O4. The van der Waals surface area contributed by atoms with Crippen LogP contribution in [0.1, 0.15) is 12.6 Å². The average molecular weight is 343 g/mol. The number of aliphatic hydroxyl groups is 2. The van der Waals surface area contributed by atoms with Gasteiger partial charge < -0.3 is 20.7 Å². The van der Waals surface area contributed by atoms with Gasteiger partial charge >= 0.3 is 0 Å². The Morgan fingerprint density at radius 2 is 2.08 bits per heavy atom. The van der Waals surface area contributed by atoms with Gasteiger partial charge in [-0.05, 0) is 0 Å². The van der Waals surface area contributed by atoms with Crippen molar-refractivity contribution in [2.45, 2.75) is 24.9 Å². The van der Waals surface area contributed by atoms with Crippen LogP contribution in [0.2, 0.25) is 0 Å². The fraction of sp³-hybridized carbons (Fsp3) is 0.312. The molecule has 4 rings (SSSR count). The van der Waals surface area contributed by atoms with E-state index in [2.05, 4.69) is 15.0 Å². The Kier molecular flexibility index (Phi) is 3.75. The summed E-state index contributed by atoms with van der Waals surface area (Å²) in [5, 5.41) is 19.4. The number of rotatable bonds is 3. The third-order valence-corrected chi connectivity index (χ3v) is 4.27. The summed E-state index contributed by atoms with van der Waals surface area (Å²) in [5.74, 6) is 0.450. The van der Waals surface area contributed by atoms with Crippen molar-refractivity contribution in [3.63, 3.8) is 0 Å². The summed E-state index contributed by atoms with van der Waals surface area (Å²) in [5.41, 5.74) is 6.41. The molecule has 0 radical (unpaired) electrons. The molecule has 0 saturated carbocycles. The Morgan fingerprint density at radius 3 is 2.76 bits per heavy atom. The highest BCUT2D eigenvalue weighted by Gasteiger charge is 2.37. The number of hydrogen-bond acceptors (Lipinski definition) is 7. The number of nitrogens with one attached hydrogen (secondary N) is 1.